The summed E-state index contributed by atoms with van der Waals surface area (Å²) in [4.78, 5) is 42.0. The van der Waals surface area contributed by atoms with Crippen LogP contribution in [0, 0.1) is 6.92 Å². The summed E-state index contributed by atoms with van der Waals surface area (Å²) in [6.07, 6.45) is -0.318. The molecule has 1 aliphatic heterocycles. The van der Waals surface area contributed by atoms with Crippen molar-refractivity contribution in [3.63, 3.8) is 0 Å². The standard InChI is InChI=1S/C20H29ClN4O4/c1-4-24(13-18(26)22-17-12-16(21)7-6-15(17)3)19(27)14-23-8-10-25(11-9-23)20(28)29-5-2/h6-7,12H,4-5,8-11,13-14H2,1-3H3,(H,22,26). The molecule has 1 N–H and O–H groups in total. The van der Waals surface area contributed by atoms with E-state index >= 15 is 0 Å². The molecule has 1 saturated heterocycles. The molecule has 2 rings (SSSR count). The van der Waals surface area contributed by atoms with Gasteiger partial charge in [0.2, 0.25) is 11.8 Å². The van der Waals surface area contributed by atoms with E-state index in [1.807, 2.05) is 24.8 Å². The first-order chi connectivity index (χ1) is 13.8. The first-order valence-corrected chi connectivity index (χ1v) is 10.2. The van der Waals surface area contributed by atoms with Crippen LogP contribution in [0.1, 0.15) is 19.4 Å². The minimum absolute atomic E-state index is 0.0237. The Balaban J connectivity index is 1.83. The van der Waals surface area contributed by atoms with Crippen molar-refractivity contribution in [1.29, 1.82) is 0 Å². The molecule has 0 atom stereocenters. The highest BCUT2D eigenvalue weighted by Gasteiger charge is 2.25. The van der Waals surface area contributed by atoms with Gasteiger partial charge in [0.1, 0.15) is 0 Å². The number of benzene rings is 1. The van der Waals surface area contributed by atoms with E-state index in [0.717, 1.165) is 5.56 Å². The Hall–Kier alpha value is -2.32. The normalized spacial score (nSPS) is 14.4. The van der Waals surface area contributed by atoms with E-state index in [1.165, 1.54) is 4.90 Å². The van der Waals surface area contributed by atoms with Crippen LogP contribution >= 0.6 is 11.6 Å². The number of nitrogens with one attached hydrogen (secondary N) is 1. The number of nitrogens with zero attached hydrogens (tertiary/aromatic N) is 3. The molecule has 1 heterocycles. The van der Waals surface area contributed by atoms with Gasteiger partial charge in [0.15, 0.2) is 0 Å². The molecule has 1 fully saturated rings. The Morgan fingerprint density at radius 3 is 2.48 bits per heavy atom. The molecule has 0 radical (unpaired) electrons. The van der Waals surface area contributed by atoms with Gasteiger partial charge in [0, 0.05) is 43.4 Å². The molecule has 1 aliphatic rings. The number of rotatable bonds is 7. The number of amides is 3. The molecular weight excluding hydrogens is 396 g/mol. The maximum atomic E-state index is 12.6. The molecule has 0 spiro atoms. The minimum Gasteiger partial charge on any atom is -0.450 e. The average molecular weight is 425 g/mol. The largest absolute Gasteiger partial charge is 0.450 e. The van der Waals surface area contributed by atoms with Crippen LogP contribution in [0.15, 0.2) is 18.2 Å². The Kier molecular flexibility index (Phi) is 8.72. The number of hydrogen-bond donors (Lipinski definition) is 1. The number of anilines is 1. The number of piperazine rings is 1. The second-order valence-electron chi connectivity index (χ2n) is 6.88. The van der Waals surface area contributed by atoms with Gasteiger partial charge in [0.05, 0.1) is 19.7 Å². The van der Waals surface area contributed by atoms with Crippen LogP contribution < -0.4 is 5.32 Å². The molecule has 3 amide bonds. The lowest BCUT2D eigenvalue weighted by atomic mass is 10.2. The molecule has 8 nitrogen and oxygen atoms in total. The summed E-state index contributed by atoms with van der Waals surface area (Å²) in [6.45, 7) is 8.70. The SMILES string of the molecule is CCOC(=O)N1CCN(CC(=O)N(CC)CC(=O)Nc2cc(Cl)ccc2C)CC1. The van der Waals surface area contributed by atoms with Crippen LogP contribution in [0.3, 0.4) is 0 Å². The second-order valence-corrected chi connectivity index (χ2v) is 7.31. The monoisotopic (exact) mass is 424 g/mol. The first-order valence-electron chi connectivity index (χ1n) is 9.81. The highest BCUT2D eigenvalue weighted by molar-refractivity contribution is 6.31. The fourth-order valence-electron chi connectivity index (χ4n) is 3.06. The summed E-state index contributed by atoms with van der Waals surface area (Å²) >= 11 is 5.99. The number of aryl methyl sites for hydroxylation is 1. The molecule has 9 heteroatoms. The number of halogens is 1. The van der Waals surface area contributed by atoms with Crippen LogP contribution in [0.4, 0.5) is 10.5 Å². The highest BCUT2D eigenvalue weighted by atomic mass is 35.5. The lowest BCUT2D eigenvalue weighted by molar-refractivity contribution is -0.135. The number of carbonyl (C=O) groups is 3. The Labute approximate surface area is 176 Å². The van der Waals surface area contributed by atoms with E-state index < -0.39 is 0 Å². The van der Waals surface area contributed by atoms with Crippen molar-refractivity contribution in [3.05, 3.63) is 28.8 Å². The third-order valence-electron chi connectivity index (χ3n) is 4.80. The molecule has 0 bridgehead atoms. The van der Waals surface area contributed by atoms with E-state index in [2.05, 4.69) is 5.32 Å². The number of ether oxygens (including phenoxy) is 1. The third-order valence-corrected chi connectivity index (χ3v) is 5.03. The van der Waals surface area contributed by atoms with E-state index in [9.17, 15) is 14.4 Å². The zero-order valence-electron chi connectivity index (χ0n) is 17.2. The molecule has 0 aliphatic carbocycles. The lowest BCUT2D eigenvalue weighted by Crippen LogP contribution is -2.52. The van der Waals surface area contributed by atoms with E-state index in [1.54, 1.807) is 24.0 Å². The molecule has 0 aromatic heterocycles. The lowest BCUT2D eigenvalue weighted by Gasteiger charge is -2.34. The van der Waals surface area contributed by atoms with Crippen LogP contribution in [-0.2, 0) is 14.3 Å². The average Bonchev–Trinajstić information content (AvgIpc) is 2.69. The summed E-state index contributed by atoms with van der Waals surface area (Å²) < 4.78 is 5.00. The molecular formula is C20H29ClN4O4. The van der Waals surface area contributed by atoms with Crippen LogP contribution in [0.5, 0.6) is 0 Å². The molecule has 0 saturated carbocycles. The maximum Gasteiger partial charge on any atom is 0.409 e. The molecule has 1 aromatic carbocycles. The van der Waals surface area contributed by atoms with E-state index in [0.29, 0.717) is 50.0 Å². The van der Waals surface area contributed by atoms with Crippen molar-refractivity contribution >= 4 is 35.2 Å². The third kappa shape index (κ3) is 6.90. The van der Waals surface area contributed by atoms with Gasteiger partial charge in [0.25, 0.3) is 0 Å². The van der Waals surface area contributed by atoms with Gasteiger partial charge in [-0.05, 0) is 38.5 Å². The van der Waals surface area contributed by atoms with Crippen molar-refractivity contribution < 1.29 is 19.1 Å². The number of likely N-dealkylation sites (N-methyl/N-ethyl adjacent to an activating group) is 1. The maximum absolute atomic E-state index is 12.6. The first kappa shape index (κ1) is 23.0. The fraction of sp³-hybridized carbons (Fsp3) is 0.550. The van der Waals surface area contributed by atoms with Crippen LogP contribution in [0.2, 0.25) is 5.02 Å². The van der Waals surface area contributed by atoms with E-state index in [4.69, 9.17) is 16.3 Å². The van der Waals surface area contributed by atoms with Crippen molar-refractivity contribution in [2.24, 2.45) is 0 Å². The van der Waals surface area contributed by atoms with Crippen molar-refractivity contribution in [3.8, 4) is 0 Å². The predicted molar refractivity (Wildman–Crippen MR) is 112 cm³/mol. The quantitative estimate of drug-likeness (QED) is 0.725. The summed E-state index contributed by atoms with van der Waals surface area (Å²) in [5, 5.41) is 3.35. The predicted octanol–water partition coefficient (Wildman–Crippen LogP) is 2.21. The number of carbonyl (C=O) groups excluding carboxylic acids is 3. The van der Waals surface area contributed by atoms with Crippen molar-refractivity contribution in [2.75, 3.05) is 57.7 Å². The van der Waals surface area contributed by atoms with Gasteiger partial charge in [-0.1, -0.05) is 17.7 Å². The van der Waals surface area contributed by atoms with Gasteiger partial charge in [-0.2, -0.15) is 0 Å². The number of hydrogen-bond acceptors (Lipinski definition) is 5. The zero-order chi connectivity index (χ0) is 21.4. The van der Waals surface area contributed by atoms with Crippen molar-refractivity contribution in [1.82, 2.24) is 14.7 Å². The Morgan fingerprint density at radius 1 is 1.17 bits per heavy atom. The van der Waals surface area contributed by atoms with Crippen molar-refractivity contribution in [2.45, 2.75) is 20.8 Å². The topological polar surface area (TPSA) is 82.2 Å². The van der Waals surface area contributed by atoms with Gasteiger partial charge >= 0.3 is 6.09 Å². The molecule has 1 aromatic rings. The van der Waals surface area contributed by atoms with Gasteiger partial charge in [-0.15, -0.1) is 0 Å². The Bertz CT molecular complexity index is 735. The molecule has 160 valence electrons. The van der Waals surface area contributed by atoms with Crippen LogP contribution in [0.25, 0.3) is 0 Å². The Morgan fingerprint density at radius 2 is 1.86 bits per heavy atom. The zero-order valence-corrected chi connectivity index (χ0v) is 18.0. The summed E-state index contributed by atoms with van der Waals surface area (Å²) in [7, 11) is 0. The molecule has 29 heavy (non-hydrogen) atoms. The minimum atomic E-state index is -0.318. The van der Waals surface area contributed by atoms with Gasteiger partial charge in [-0.3, -0.25) is 14.5 Å². The molecule has 0 unspecified atom stereocenters. The van der Waals surface area contributed by atoms with Gasteiger partial charge in [-0.25, -0.2) is 4.79 Å². The summed E-state index contributed by atoms with van der Waals surface area (Å²) in [6, 6.07) is 5.28. The smallest absolute Gasteiger partial charge is 0.409 e. The van der Waals surface area contributed by atoms with Gasteiger partial charge < -0.3 is 19.9 Å². The summed E-state index contributed by atoms with van der Waals surface area (Å²) in [5.41, 5.74) is 1.54. The summed E-state index contributed by atoms with van der Waals surface area (Å²) in [5.74, 6) is -0.382. The fourth-order valence-corrected chi connectivity index (χ4v) is 3.24. The second kappa shape index (κ2) is 11.0. The van der Waals surface area contributed by atoms with E-state index in [-0.39, 0.29) is 31.0 Å². The highest BCUT2D eigenvalue weighted by Crippen LogP contribution is 2.20. The van der Waals surface area contributed by atoms with Crippen LogP contribution in [-0.4, -0.2) is 85.0 Å².